The monoisotopic (exact) mass is 266 g/mol. The predicted octanol–water partition coefficient (Wildman–Crippen LogP) is 2.35. The maximum Gasteiger partial charge on any atom is 0.378 e. The van der Waals surface area contributed by atoms with Crippen molar-refractivity contribution in [3.8, 4) is 5.75 Å². The van der Waals surface area contributed by atoms with E-state index >= 15 is 0 Å². The van der Waals surface area contributed by atoms with Gasteiger partial charge in [0.2, 0.25) is 0 Å². The van der Waals surface area contributed by atoms with Crippen LogP contribution in [0.15, 0.2) is 22.7 Å². The van der Waals surface area contributed by atoms with Crippen LogP contribution < -0.4 is 4.74 Å². The van der Waals surface area contributed by atoms with Gasteiger partial charge in [0.1, 0.15) is 11.6 Å². The van der Waals surface area contributed by atoms with E-state index in [4.69, 9.17) is 5.11 Å². The van der Waals surface area contributed by atoms with E-state index in [1.54, 1.807) is 0 Å². The van der Waals surface area contributed by atoms with E-state index in [2.05, 4.69) is 20.7 Å². The van der Waals surface area contributed by atoms with E-state index in [0.29, 0.717) is 0 Å². The summed E-state index contributed by atoms with van der Waals surface area (Å²) >= 11 is 2.88. The summed E-state index contributed by atoms with van der Waals surface area (Å²) in [5.41, 5.74) is 0. The van der Waals surface area contributed by atoms with Gasteiger partial charge in [0.25, 0.3) is 0 Å². The minimum absolute atomic E-state index is 0.180. The van der Waals surface area contributed by atoms with Crippen LogP contribution in [-0.4, -0.2) is 17.4 Å². The molecular weight excluding hydrogens is 262 g/mol. The smallest absolute Gasteiger partial charge is 0.378 e. The quantitative estimate of drug-likeness (QED) is 0.914. The molecule has 0 aromatic heterocycles. The van der Waals surface area contributed by atoms with Gasteiger partial charge in [0.05, 0.1) is 4.47 Å². The molecule has 0 fully saturated rings. The molecule has 0 radical (unpaired) electrons. The summed E-state index contributed by atoms with van der Waals surface area (Å²) in [6.45, 7) is 0. The van der Waals surface area contributed by atoms with Crippen molar-refractivity contribution in [3.05, 3.63) is 28.5 Å². The molecule has 0 spiro atoms. The van der Waals surface area contributed by atoms with Gasteiger partial charge in [0.15, 0.2) is 0 Å². The highest BCUT2D eigenvalue weighted by Gasteiger charge is 2.17. The molecule has 0 bridgehead atoms. The molecule has 3 nitrogen and oxygen atoms in total. The zero-order valence-corrected chi connectivity index (χ0v) is 8.29. The number of rotatable bonds is 3. The predicted molar refractivity (Wildman–Crippen MR) is 47.3 cm³/mol. The van der Waals surface area contributed by atoms with E-state index < -0.39 is 18.1 Å². The molecular formula is C8H5BrF2O3. The highest BCUT2D eigenvalue weighted by molar-refractivity contribution is 9.10. The standard InChI is InChI=1S/C8H5BrF2O3/c9-5-2-1-4(3-6(5)10)14-7(11)8(12)13/h1-3,7H,(H,12,13). The van der Waals surface area contributed by atoms with Gasteiger partial charge < -0.3 is 9.84 Å². The third-order valence-corrected chi connectivity index (χ3v) is 1.97. The van der Waals surface area contributed by atoms with Crippen molar-refractivity contribution in [3.63, 3.8) is 0 Å². The zero-order chi connectivity index (χ0) is 10.7. The average Bonchev–Trinajstić information content (AvgIpc) is 2.11. The van der Waals surface area contributed by atoms with Crippen molar-refractivity contribution in [2.45, 2.75) is 6.36 Å². The van der Waals surface area contributed by atoms with Crippen molar-refractivity contribution >= 4 is 21.9 Å². The fraction of sp³-hybridized carbons (Fsp3) is 0.125. The number of carbonyl (C=O) groups is 1. The lowest BCUT2D eigenvalue weighted by Crippen LogP contribution is -2.21. The van der Waals surface area contributed by atoms with Crippen molar-refractivity contribution in [1.82, 2.24) is 0 Å². The van der Waals surface area contributed by atoms with Crippen LogP contribution in [0.4, 0.5) is 8.78 Å². The first kappa shape index (κ1) is 10.9. The van der Waals surface area contributed by atoms with Crippen LogP contribution in [0.2, 0.25) is 0 Å². The van der Waals surface area contributed by atoms with Crippen molar-refractivity contribution < 1.29 is 23.4 Å². The Labute approximate surface area is 86.4 Å². The van der Waals surface area contributed by atoms with Crippen LogP contribution in [0.3, 0.4) is 0 Å². The minimum atomic E-state index is -2.49. The van der Waals surface area contributed by atoms with Crippen LogP contribution in [0, 0.1) is 5.82 Å². The Morgan fingerprint density at radius 3 is 2.71 bits per heavy atom. The Bertz CT molecular complexity index is 356. The first-order valence-corrected chi connectivity index (χ1v) is 4.28. The molecule has 1 aromatic rings. The van der Waals surface area contributed by atoms with Gasteiger partial charge in [-0.2, -0.15) is 4.39 Å². The summed E-state index contributed by atoms with van der Waals surface area (Å²) in [4.78, 5) is 10.1. The van der Waals surface area contributed by atoms with Crippen LogP contribution in [-0.2, 0) is 4.79 Å². The summed E-state index contributed by atoms with van der Waals surface area (Å²) in [7, 11) is 0. The Kier molecular flexibility index (Phi) is 3.40. The van der Waals surface area contributed by atoms with Crippen molar-refractivity contribution in [2.24, 2.45) is 0 Å². The van der Waals surface area contributed by atoms with Crippen LogP contribution in [0.5, 0.6) is 5.75 Å². The van der Waals surface area contributed by atoms with E-state index in [9.17, 15) is 13.6 Å². The first-order valence-electron chi connectivity index (χ1n) is 3.49. The fourth-order valence-corrected chi connectivity index (χ4v) is 0.967. The normalized spacial score (nSPS) is 12.2. The number of hydrogen-bond donors (Lipinski definition) is 1. The fourth-order valence-electron chi connectivity index (χ4n) is 0.720. The lowest BCUT2D eigenvalue weighted by molar-refractivity contribution is -0.153. The molecule has 1 aromatic carbocycles. The topological polar surface area (TPSA) is 46.5 Å². The van der Waals surface area contributed by atoms with Crippen molar-refractivity contribution in [2.75, 3.05) is 0 Å². The lowest BCUT2D eigenvalue weighted by atomic mass is 10.3. The highest BCUT2D eigenvalue weighted by atomic mass is 79.9. The SMILES string of the molecule is O=C(O)C(F)Oc1ccc(Br)c(F)c1. The molecule has 0 aliphatic rings. The molecule has 0 saturated carbocycles. The van der Waals surface area contributed by atoms with E-state index in [-0.39, 0.29) is 10.2 Å². The molecule has 0 saturated heterocycles. The van der Waals surface area contributed by atoms with Gasteiger partial charge in [-0.1, -0.05) is 0 Å². The first-order chi connectivity index (χ1) is 6.50. The molecule has 6 heteroatoms. The van der Waals surface area contributed by atoms with Crippen LogP contribution in [0.1, 0.15) is 0 Å². The number of carboxylic acid groups (broad SMARTS) is 1. The third-order valence-electron chi connectivity index (χ3n) is 1.32. The number of halogens is 3. The van der Waals surface area contributed by atoms with Gasteiger partial charge in [-0.15, -0.1) is 0 Å². The molecule has 1 N–H and O–H groups in total. The summed E-state index contributed by atoms with van der Waals surface area (Å²) in [5.74, 6) is -2.59. The number of benzene rings is 1. The van der Waals surface area contributed by atoms with Crippen LogP contribution in [0.25, 0.3) is 0 Å². The lowest BCUT2D eigenvalue weighted by Gasteiger charge is -2.07. The summed E-state index contributed by atoms with van der Waals surface area (Å²) in [5, 5.41) is 8.16. The molecule has 0 aliphatic heterocycles. The number of alkyl halides is 1. The summed E-state index contributed by atoms with van der Waals surface area (Å²) < 4.78 is 29.8. The Hall–Kier alpha value is -1.17. The number of hydrogen-bond acceptors (Lipinski definition) is 2. The number of ether oxygens (including phenoxy) is 1. The van der Waals surface area contributed by atoms with E-state index in [0.717, 1.165) is 6.07 Å². The second kappa shape index (κ2) is 4.36. The third kappa shape index (κ3) is 2.66. The van der Waals surface area contributed by atoms with Gasteiger partial charge in [-0.05, 0) is 28.1 Å². The summed E-state index contributed by atoms with van der Waals surface area (Å²) in [6.07, 6.45) is -2.49. The van der Waals surface area contributed by atoms with Gasteiger partial charge in [-0.25, -0.2) is 9.18 Å². The molecule has 1 unspecified atom stereocenters. The second-order valence-corrected chi connectivity index (χ2v) is 3.20. The summed E-state index contributed by atoms with van der Waals surface area (Å²) in [6, 6.07) is 3.43. The maximum atomic E-state index is 12.8. The minimum Gasteiger partial charge on any atom is -0.476 e. The average molecular weight is 267 g/mol. The maximum absolute atomic E-state index is 12.8. The second-order valence-electron chi connectivity index (χ2n) is 2.35. The van der Waals surface area contributed by atoms with Gasteiger partial charge in [0, 0.05) is 6.07 Å². The molecule has 76 valence electrons. The molecule has 14 heavy (non-hydrogen) atoms. The number of carboxylic acids is 1. The van der Waals surface area contributed by atoms with E-state index in [1.165, 1.54) is 12.1 Å². The Balaban J connectivity index is 2.78. The molecule has 1 atom stereocenters. The highest BCUT2D eigenvalue weighted by Crippen LogP contribution is 2.21. The van der Waals surface area contributed by atoms with Crippen molar-refractivity contribution in [1.29, 1.82) is 0 Å². The largest absolute Gasteiger partial charge is 0.476 e. The molecule has 1 rings (SSSR count). The zero-order valence-electron chi connectivity index (χ0n) is 6.71. The van der Waals surface area contributed by atoms with Gasteiger partial charge in [-0.3, -0.25) is 0 Å². The van der Waals surface area contributed by atoms with Crippen LogP contribution >= 0.6 is 15.9 Å². The molecule has 0 amide bonds. The molecule has 0 aliphatic carbocycles. The number of aliphatic carboxylic acids is 1. The van der Waals surface area contributed by atoms with Gasteiger partial charge >= 0.3 is 12.3 Å². The Morgan fingerprint density at radius 2 is 2.21 bits per heavy atom. The Morgan fingerprint density at radius 1 is 1.57 bits per heavy atom. The van der Waals surface area contributed by atoms with E-state index in [1.807, 2.05) is 0 Å². The molecule has 0 heterocycles.